The minimum Gasteiger partial charge on any atom is -0.396 e. The lowest BCUT2D eigenvalue weighted by molar-refractivity contribution is -0.0294. The third-order valence-electron chi connectivity index (χ3n) is 5.42. The quantitative estimate of drug-likeness (QED) is 0.719. The van der Waals surface area contributed by atoms with Crippen LogP contribution in [0.5, 0.6) is 0 Å². The monoisotopic (exact) mass is 371 g/mol. The molecule has 2 N–H and O–H groups in total. The Morgan fingerprint density at radius 2 is 2.04 bits per heavy atom. The van der Waals surface area contributed by atoms with Gasteiger partial charge in [0.05, 0.1) is 25.2 Å². The fraction of sp³-hybridized carbons (Fsp3) is 0.421. The van der Waals surface area contributed by atoms with E-state index in [0.717, 1.165) is 11.1 Å². The largest absolute Gasteiger partial charge is 0.396 e. The first-order valence-corrected chi connectivity index (χ1v) is 8.93. The Morgan fingerprint density at radius 1 is 1.26 bits per heavy atom. The van der Waals surface area contributed by atoms with Crippen LogP contribution in [0.3, 0.4) is 0 Å². The van der Waals surface area contributed by atoms with Crippen molar-refractivity contribution in [2.45, 2.75) is 18.9 Å². The van der Waals surface area contributed by atoms with Gasteiger partial charge >= 0.3 is 0 Å². The SMILES string of the molecule is Cn1cnc2nc(N3CC[C@H](O)[C@@](CO)(Cc4ccc(F)cc4)C3)ncc21. The van der Waals surface area contributed by atoms with Crippen molar-refractivity contribution < 1.29 is 14.6 Å². The summed E-state index contributed by atoms with van der Waals surface area (Å²) in [6, 6.07) is 6.17. The molecule has 3 aromatic rings. The maximum atomic E-state index is 13.2. The molecule has 1 aromatic carbocycles. The van der Waals surface area contributed by atoms with Gasteiger partial charge in [0, 0.05) is 25.6 Å². The summed E-state index contributed by atoms with van der Waals surface area (Å²) in [7, 11) is 1.88. The Hall–Kier alpha value is -2.58. The first kappa shape index (κ1) is 17.8. The van der Waals surface area contributed by atoms with Crippen LogP contribution in [0.2, 0.25) is 0 Å². The number of hydrogen-bond acceptors (Lipinski definition) is 6. The Labute approximate surface area is 156 Å². The average molecular weight is 371 g/mol. The van der Waals surface area contributed by atoms with Crippen LogP contribution in [-0.4, -0.2) is 55.5 Å². The van der Waals surface area contributed by atoms with Gasteiger partial charge in [-0.3, -0.25) is 0 Å². The van der Waals surface area contributed by atoms with Crippen LogP contribution in [0.15, 0.2) is 36.8 Å². The molecule has 1 fully saturated rings. The number of halogens is 1. The van der Waals surface area contributed by atoms with Crippen molar-refractivity contribution in [3.63, 3.8) is 0 Å². The van der Waals surface area contributed by atoms with Crippen molar-refractivity contribution in [3.8, 4) is 0 Å². The van der Waals surface area contributed by atoms with Crippen molar-refractivity contribution in [3.05, 3.63) is 48.2 Å². The third-order valence-corrected chi connectivity index (χ3v) is 5.42. The van der Waals surface area contributed by atoms with Crippen LogP contribution in [0.4, 0.5) is 10.3 Å². The van der Waals surface area contributed by atoms with Gasteiger partial charge in [-0.2, -0.15) is 4.98 Å². The maximum absolute atomic E-state index is 13.2. The van der Waals surface area contributed by atoms with Crippen LogP contribution in [-0.2, 0) is 13.5 Å². The van der Waals surface area contributed by atoms with Crippen LogP contribution in [0, 0.1) is 11.2 Å². The fourth-order valence-corrected chi connectivity index (χ4v) is 3.77. The van der Waals surface area contributed by atoms with Crippen LogP contribution >= 0.6 is 0 Å². The van der Waals surface area contributed by atoms with E-state index in [0.29, 0.717) is 37.5 Å². The molecular weight excluding hydrogens is 349 g/mol. The van der Waals surface area contributed by atoms with Crippen molar-refractivity contribution in [2.75, 3.05) is 24.6 Å². The molecule has 27 heavy (non-hydrogen) atoms. The number of piperidine rings is 1. The average Bonchev–Trinajstić information content (AvgIpc) is 3.06. The summed E-state index contributed by atoms with van der Waals surface area (Å²) in [5.41, 5.74) is 1.56. The first-order chi connectivity index (χ1) is 13.0. The topological polar surface area (TPSA) is 87.3 Å². The van der Waals surface area contributed by atoms with Crippen molar-refractivity contribution in [1.82, 2.24) is 19.5 Å². The third kappa shape index (κ3) is 3.26. The van der Waals surface area contributed by atoms with Gasteiger partial charge in [-0.25, -0.2) is 14.4 Å². The van der Waals surface area contributed by atoms with Gasteiger partial charge in [-0.1, -0.05) is 12.1 Å². The number of anilines is 1. The number of hydrogen-bond donors (Lipinski definition) is 2. The predicted octanol–water partition coefficient (Wildman–Crippen LogP) is 1.29. The molecule has 0 saturated carbocycles. The van der Waals surface area contributed by atoms with E-state index in [1.54, 1.807) is 24.7 Å². The lowest BCUT2D eigenvalue weighted by Gasteiger charge is -2.45. The zero-order valence-electron chi connectivity index (χ0n) is 15.1. The molecule has 0 spiro atoms. The second kappa shape index (κ2) is 6.86. The van der Waals surface area contributed by atoms with Crippen LogP contribution < -0.4 is 4.90 Å². The minimum absolute atomic E-state index is 0.187. The highest BCUT2D eigenvalue weighted by molar-refractivity contribution is 5.70. The number of aryl methyl sites for hydroxylation is 1. The Balaban J connectivity index is 1.62. The molecule has 2 atom stereocenters. The van der Waals surface area contributed by atoms with Crippen LogP contribution in [0.1, 0.15) is 12.0 Å². The molecule has 4 rings (SSSR count). The molecule has 142 valence electrons. The summed E-state index contributed by atoms with van der Waals surface area (Å²) in [6.45, 7) is 0.804. The fourth-order valence-electron chi connectivity index (χ4n) is 3.77. The van der Waals surface area contributed by atoms with Gasteiger partial charge in [-0.15, -0.1) is 0 Å². The molecular formula is C19H22FN5O2. The van der Waals surface area contributed by atoms with E-state index < -0.39 is 11.5 Å². The molecule has 0 radical (unpaired) electrons. The highest BCUT2D eigenvalue weighted by Gasteiger charge is 2.43. The van der Waals surface area contributed by atoms with Gasteiger partial charge in [0.1, 0.15) is 11.3 Å². The number of aromatic nitrogens is 4. The zero-order valence-corrected chi connectivity index (χ0v) is 15.1. The van der Waals surface area contributed by atoms with E-state index in [2.05, 4.69) is 15.0 Å². The van der Waals surface area contributed by atoms with Crippen molar-refractivity contribution in [1.29, 1.82) is 0 Å². The molecule has 2 aromatic heterocycles. The Morgan fingerprint density at radius 3 is 2.78 bits per heavy atom. The molecule has 8 heteroatoms. The molecule has 1 saturated heterocycles. The van der Waals surface area contributed by atoms with E-state index in [1.165, 1.54) is 12.1 Å². The summed E-state index contributed by atoms with van der Waals surface area (Å²) in [5.74, 6) is 0.227. The predicted molar refractivity (Wildman–Crippen MR) is 98.8 cm³/mol. The summed E-state index contributed by atoms with van der Waals surface area (Å²) in [5, 5.41) is 20.8. The smallest absolute Gasteiger partial charge is 0.227 e. The van der Waals surface area contributed by atoms with Gasteiger partial charge in [-0.05, 0) is 30.5 Å². The number of fused-ring (bicyclic) bond motifs is 1. The molecule has 0 unspecified atom stereocenters. The van der Waals surface area contributed by atoms with E-state index >= 15 is 0 Å². The Bertz CT molecular complexity index is 945. The Kier molecular flexibility index (Phi) is 4.53. The standard InChI is InChI=1S/C19H22FN5O2/c1-24-12-22-17-15(24)9-21-18(23-17)25-7-6-16(27)19(10-25,11-26)8-13-2-4-14(20)5-3-13/h2-5,9,12,16,26-27H,6-8,10-11H2,1H3/t16-,19-/m0/s1. The number of imidazole rings is 1. The number of benzene rings is 1. The van der Waals surface area contributed by atoms with E-state index in [4.69, 9.17) is 0 Å². The normalized spacial score (nSPS) is 23.1. The molecule has 0 amide bonds. The van der Waals surface area contributed by atoms with Gasteiger partial charge in [0.25, 0.3) is 0 Å². The van der Waals surface area contributed by atoms with Gasteiger partial charge in [0.15, 0.2) is 5.65 Å². The van der Waals surface area contributed by atoms with E-state index in [-0.39, 0.29) is 12.4 Å². The van der Waals surface area contributed by atoms with Gasteiger partial charge < -0.3 is 19.7 Å². The van der Waals surface area contributed by atoms with Gasteiger partial charge in [0.2, 0.25) is 5.95 Å². The lowest BCUT2D eigenvalue weighted by atomic mass is 9.73. The number of aliphatic hydroxyl groups is 2. The number of rotatable bonds is 4. The molecule has 1 aliphatic heterocycles. The van der Waals surface area contributed by atoms with E-state index in [1.807, 2.05) is 16.5 Å². The van der Waals surface area contributed by atoms with Crippen molar-refractivity contribution in [2.24, 2.45) is 12.5 Å². The highest BCUT2D eigenvalue weighted by atomic mass is 19.1. The zero-order chi connectivity index (χ0) is 19.0. The maximum Gasteiger partial charge on any atom is 0.227 e. The van der Waals surface area contributed by atoms with Crippen LogP contribution in [0.25, 0.3) is 11.2 Å². The van der Waals surface area contributed by atoms with E-state index in [9.17, 15) is 14.6 Å². The number of aliphatic hydroxyl groups excluding tert-OH is 2. The molecule has 1 aliphatic rings. The summed E-state index contributed by atoms with van der Waals surface area (Å²) < 4.78 is 15.1. The summed E-state index contributed by atoms with van der Waals surface area (Å²) >= 11 is 0. The number of nitrogens with zero attached hydrogens (tertiary/aromatic N) is 5. The summed E-state index contributed by atoms with van der Waals surface area (Å²) in [4.78, 5) is 15.2. The highest BCUT2D eigenvalue weighted by Crippen LogP contribution is 2.35. The first-order valence-electron chi connectivity index (χ1n) is 8.93. The summed E-state index contributed by atoms with van der Waals surface area (Å²) in [6.07, 6.45) is 3.69. The molecule has 0 aliphatic carbocycles. The lowest BCUT2D eigenvalue weighted by Crippen LogP contribution is -2.55. The minimum atomic E-state index is -0.765. The molecule has 3 heterocycles. The second-order valence-electron chi connectivity index (χ2n) is 7.28. The van der Waals surface area contributed by atoms with Crippen molar-refractivity contribution >= 4 is 17.1 Å². The molecule has 0 bridgehead atoms. The second-order valence-corrected chi connectivity index (χ2v) is 7.28. The molecule has 7 nitrogen and oxygen atoms in total.